The summed E-state index contributed by atoms with van der Waals surface area (Å²) in [4.78, 5) is 0. The van der Waals surface area contributed by atoms with Gasteiger partial charge in [0.05, 0.1) is 10.0 Å². The number of rotatable bonds is 5. The van der Waals surface area contributed by atoms with Crippen molar-refractivity contribution in [2.24, 2.45) is 0 Å². The Morgan fingerprint density at radius 3 is 2.47 bits per heavy atom. The van der Waals surface area contributed by atoms with E-state index >= 15 is 0 Å². The van der Waals surface area contributed by atoms with Gasteiger partial charge in [-0.2, -0.15) is 0 Å². The second-order valence-corrected chi connectivity index (χ2v) is 4.48. The van der Waals surface area contributed by atoms with Crippen LogP contribution in [0.15, 0.2) is 18.2 Å². The predicted octanol–water partition coefficient (Wildman–Crippen LogP) is 3.40. The lowest BCUT2D eigenvalue weighted by Gasteiger charge is -2.10. The Hall–Kier alpha value is -0.440. The fourth-order valence-corrected chi connectivity index (χ4v) is 1.47. The molecule has 2 N–H and O–H groups in total. The first-order chi connectivity index (χ1) is 7.09. The van der Waals surface area contributed by atoms with Crippen LogP contribution in [0.4, 0.5) is 5.69 Å². The molecular weight excluding hydrogens is 231 g/mol. The largest absolute Gasteiger partial charge is 0.384 e. The summed E-state index contributed by atoms with van der Waals surface area (Å²) in [7, 11) is 0. The minimum atomic E-state index is 0.514. The van der Waals surface area contributed by atoms with Crippen molar-refractivity contribution in [2.45, 2.75) is 19.9 Å². The van der Waals surface area contributed by atoms with Gasteiger partial charge in [-0.25, -0.2) is 0 Å². The highest BCUT2D eigenvalue weighted by Gasteiger charge is 1.98. The zero-order chi connectivity index (χ0) is 11.3. The standard InChI is InChI=1S/C11H16Cl2N2/c1-8(2)14-5-6-15-9-3-4-10(12)11(13)7-9/h3-4,7-8,14-15H,5-6H2,1-2H3. The molecule has 4 heteroatoms. The molecule has 0 heterocycles. The summed E-state index contributed by atoms with van der Waals surface area (Å²) < 4.78 is 0. The minimum absolute atomic E-state index is 0.514. The van der Waals surface area contributed by atoms with Crippen molar-refractivity contribution in [2.75, 3.05) is 18.4 Å². The van der Waals surface area contributed by atoms with E-state index in [4.69, 9.17) is 23.2 Å². The Kier molecular flexibility index (Phi) is 5.23. The fraction of sp³-hybridized carbons (Fsp3) is 0.455. The lowest BCUT2D eigenvalue weighted by atomic mass is 10.3. The van der Waals surface area contributed by atoms with Crippen molar-refractivity contribution in [1.82, 2.24) is 5.32 Å². The zero-order valence-corrected chi connectivity index (χ0v) is 10.5. The van der Waals surface area contributed by atoms with Gasteiger partial charge in [0, 0.05) is 24.8 Å². The van der Waals surface area contributed by atoms with E-state index in [0.717, 1.165) is 18.8 Å². The van der Waals surface area contributed by atoms with E-state index in [1.807, 2.05) is 12.1 Å². The van der Waals surface area contributed by atoms with E-state index < -0.39 is 0 Å². The maximum Gasteiger partial charge on any atom is 0.0612 e. The van der Waals surface area contributed by atoms with Crippen LogP contribution in [0.1, 0.15) is 13.8 Å². The normalized spacial score (nSPS) is 10.7. The zero-order valence-electron chi connectivity index (χ0n) is 8.98. The lowest BCUT2D eigenvalue weighted by molar-refractivity contribution is 0.602. The van der Waals surface area contributed by atoms with E-state index in [1.54, 1.807) is 6.07 Å². The molecule has 0 aliphatic rings. The Balaban J connectivity index is 2.35. The summed E-state index contributed by atoms with van der Waals surface area (Å²) in [6.07, 6.45) is 0. The van der Waals surface area contributed by atoms with Crippen LogP contribution in [0, 0.1) is 0 Å². The Morgan fingerprint density at radius 2 is 1.87 bits per heavy atom. The smallest absolute Gasteiger partial charge is 0.0612 e. The van der Waals surface area contributed by atoms with E-state index in [0.29, 0.717) is 16.1 Å². The highest BCUT2D eigenvalue weighted by Crippen LogP contribution is 2.24. The summed E-state index contributed by atoms with van der Waals surface area (Å²) >= 11 is 11.7. The van der Waals surface area contributed by atoms with Gasteiger partial charge in [-0.15, -0.1) is 0 Å². The van der Waals surface area contributed by atoms with Gasteiger partial charge in [-0.1, -0.05) is 37.0 Å². The molecule has 0 saturated carbocycles. The third-order valence-corrected chi connectivity index (χ3v) is 2.67. The van der Waals surface area contributed by atoms with Gasteiger partial charge in [0.1, 0.15) is 0 Å². The molecule has 0 spiro atoms. The summed E-state index contributed by atoms with van der Waals surface area (Å²) in [6.45, 7) is 6.05. The van der Waals surface area contributed by atoms with Crippen LogP contribution in [-0.2, 0) is 0 Å². The van der Waals surface area contributed by atoms with Crippen LogP contribution in [0.25, 0.3) is 0 Å². The Labute approximate surface area is 101 Å². The molecule has 0 bridgehead atoms. The van der Waals surface area contributed by atoms with Gasteiger partial charge in [0.2, 0.25) is 0 Å². The van der Waals surface area contributed by atoms with Gasteiger partial charge < -0.3 is 10.6 Å². The summed E-state index contributed by atoms with van der Waals surface area (Å²) in [6, 6.07) is 6.06. The van der Waals surface area contributed by atoms with Crippen LogP contribution in [-0.4, -0.2) is 19.1 Å². The molecule has 84 valence electrons. The maximum atomic E-state index is 5.89. The van der Waals surface area contributed by atoms with Crippen molar-refractivity contribution >= 4 is 28.9 Å². The first-order valence-electron chi connectivity index (χ1n) is 5.02. The van der Waals surface area contributed by atoms with Gasteiger partial charge in [-0.05, 0) is 18.2 Å². The number of hydrogen-bond donors (Lipinski definition) is 2. The Morgan fingerprint density at radius 1 is 1.13 bits per heavy atom. The molecule has 0 amide bonds. The highest BCUT2D eigenvalue weighted by molar-refractivity contribution is 6.42. The van der Waals surface area contributed by atoms with Gasteiger partial charge in [-0.3, -0.25) is 0 Å². The van der Waals surface area contributed by atoms with Crippen LogP contribution < -0.4 is 10.6 Å². The van der Waals surface area contributed by atoms with Crippen molar-refractivity contribution in [3.05, 3.63) is 28.2 Å². The average Bonchev–Trinajstić information content (AvgIpc) is 2.18. The van der Waals surface area contributed by atoms with Crippen LogP contribution in [0.5, 0.6) is 0 Å². The average molecular weight is 247 g/mol. The molecule has 2 nitrogen and oxygen atoms in total. The second-order valence-electron chi connectivity index (χ2n) is 3.66. The lowest BCUT2D eigenvalue weighted by Crippen LogP contribution is -2.28. The molecule has 1 aromatic rings. The van der Waals surface area contributed by atoms with Gasteiger partial charge in [0.25, 0.3) is 0 Å². The number of hydrogen-bond acceptors (Lipinski definition) is 2. The SMILES string of the molecule is CC(C)NCCNc1ccc(Cl)c(Cl)c1. The van der Waals surface area contributed by atoms with E-state index in [1.165, 1.54) is 0 Å². The molecule has 0 unspecified atom stereocenters. The first kappa shape index (κ1) is 12.6. The monoisotopic (exact) mass is 246 g/mol. The maximum absolute atomic E-state index is 5.89. The van der Waals surface area contributed by atoms with Crippen molar-refractivity contribution in [3.8, 4) is 0 Å². The van der Waals surface area contributed by atoms with Crippen molar-refractivity contribution in [1.29, 1.82) is 0 Å². The summed E-state index contributed by atoms with van der Waals surface area (Å²) in [5.41, 5.74) is 0.995. The first-order valence-corrected chi connectivity index (χ1v) is 5.77. The van der Waals surface area contributed by atoms with Gasteiger partial charge >= 0.3 is 0 Å². The van der Waals surface area contributed by atoms with E-state index in [2.05, 4.69) is 24.5 Å². The Bertz CT molecular complexity index is 313. The molecule has 1 aromatic carbocycles. The summed E-state index contributed by atoms with van der Waals surface area (Å²) in [5.74, 6) is 0. The molecule has 0 aromatic heterocycles. The van der Waals surface area contributed by atoms with Crippen LogP contribution in [0.3, 0.4) is 0 Å². The third kappa shape index (κ3) is 4.74. The van der Waals surface area contributed by atoms with E-state index in [9.17, 15) is 0 Å². The number of halogens is 2. The number of anilines is 1. The molecule has 1 rings (SSSR count). The topological polar surface area (TPSA) is 24.1 Å². The molecular formula is C11H16Cl2N2. The van der Waals surface area contributed by atoms with Crippen LogP contribution >= 0.6 is 23.2 Å². The van der Waals surface area contributed by atoms with Crippen molar-refractivity contribution in [3.63, 3.8) is 0 Å². The molecule has 0 saturated heterocycles. The highest BCUT2D eigenvalue weighted by atomic mass is 35.5. The third-order valence-electron chi connectivity index (χ3n) is 1.93. The molecule has 0 aliphatic carbocycles. The molecule has 0 fully saturated rings. The van der Waals surface area contributed by atoms with Crippen LogP contribution in [0.2, 0.25) is 10.0 Å². The second kappa shape index (κ2) is 6.21. The summed E-state index contributed by atoms with van der Waals surface area (Å²) in [5, 5.41) is 7.75. The van der Waals surface area contributed by atoms with Crippen molar-refractivity contribution < 1.29 is 0 Å². The minimum Gasteiger partial charge on any atom is -0.384 e. The predicted molar refractivity (Wildman–Crippen MR) is 68.1 cm³/mol. The fourth-order valence-electron chi connectivity index (χ4n) is 1.17. The number of benzene rings is 1. The number of nitrogens with one attached hydrogen (secondary N) is 2. The quantitative estimate of drug-likeness (QED) is 0.779. The molecule has 0 aliphatic heterocycles. The molecule has 15 heavy (non-hydrogen) atoms. The molecule has 0 atom stereocenters. The molecule has 0 radical (unpaired) electrons. The van der Waals surface area contributed by atoms with Gasteiger partial charge in [0.15, 0.2) is 0 Å². The van der Waals surface area contributed by atoms with E-state index in [-0.39, 0.29) is 0 Å².